The molecule has 98 valence electrons. The molecule has 1 rings (SSSR count). The Labute approximate surface area is 108 Å². The Balaban J connectivity index is 2.78. The zero-order chi connectivity index (χ0) is 13.1. The third-order valence-corrected chi connectivity index (χ3v) is 3.74. The second kappa shape index (κ2) is 5.76. The van der Waals surface area contributed by atoms with Crippen molar-refractivity contribution in [2.24, 2.45) is 0 Å². The van der Waals surface area contributed by atoms with Gasteiger partial charge in [-0.15, -0.1) is 0 Å². The second-order valence-electron chi connectivity index (χ2n) is 4.88. The SMILES string of the molecule is CCC1C(=O)NC(C)(C)C(=O)N1CCCSC. The summed E-state index contributed by atoms with van der Waals surface area (Å²) in [6, 6.07) is -0.294. The summed E-state index contributed by atoms with van der Waals surface area (Å²) in [5.41, 5.74) is -0.762. The van der Waals surface area contributed by atoms with Crippen LogP contribution in [0.5, 0.6) is 0 Å². The summed E-state index contributed by atoms with van der Waals surface area (Å²) in [5, 5.41) is 2.79. The number of hydrogen-bond acceptors (Lipinski definition) is 3. The lowest BCUT2D eigenvalue weighted by atomic mass is 9.95. The van der Waals surface area contributed by atoms with Gasteiger partial charge in [-0.3, -0.25) is 9.59 Å². The van der Waals surface area contributed by atoms with E-state index in [1.165, 1.54) is 0 Å². The molecule has 5 heteroatoms. The van der Waals surface area contributed by atoms with E-state index in [1.54, 1.807) is 30.5 Å². The summed E-state index contributed by atoms with van der Waals surface area (Å²) in [6.07, 6.45) is 3.66. The van der Waals surface area contributed by atoms with Gasteiger partial charge in [-0.25, -0.2) is 0 Å². The summed E-state index contributed by atoms with van der Waals surface area (Å²) in [4.78, 5) is 25.9. The van der Waals surface area contributed by atoms with Crippen molar-refractivity contribution in [3.05, 3.63) is 0 Å². The quantitative estimate of drug-likeness (QED) is 0.755. The Morgan fingerprint density at radius 1 is 1.41 bits per heavy atom. The summed E-state index contributed by atoms with van der Waals surface area (Å²) in [6.45, 7) is 6.15. The van der Waals surface area contributed by atoms with Gasteiger partial charge < -0.3 is 10.2 Å². The lowest BCUT2D eigenvalue weighted by Gasteiger charge is -2.42. The summed E-state index contributed by atoms with van der Waals surface area (Å²) in [5.74, 6) is 1.02. The molecule has 4 nitrogen and oxygen atoms in total. The van der Waals surface area contributed by atoms with Crippen molar-refractivity contribution in [1.82, 2.24) is 10.2 Å². The Hall–Kier alpha value is -0.710. The predicted octanol–water partition coefficient (Wildman–Crippen LogP) is 1.26. The standard InChI is InChI=1S/C12H22N2O2S/c1-5-9-10(15)13-12(2,3)11(16)14(9)7-6-8-17-4/h9H,5-8H2,1-4H3,(H,13,15). The molecule has 1 heterocycles. The third kappa shape index (κ3) is 3.15. The van der Waals surface area contributed by atoms with Crippen molar-refractivity contribution >= 4 is 23.6 Å². The molecule has 0 radical (unpaired) electrons. The number of amides is 2. The summed E-state index contributed by atoms with van der Waals surface area (Å²) < 4.78 is 0. The minimum atomic E-state index is -0.762. The third-order valence-electron chi connectivity index (χ3n) is 3.04. The van der Waals surface area contributed by atoms with Gasteiger partial charge in [0.25, 0.3) is 0 Å². The molecule has 0 aromatic carbocycles. The average Bonchev–Trinajstić information content (AvgIpc) is 2.25. The first kappa shape index (κ1) is 14.4. The Bertz CT molecular complexity index is 305. The van der Waals surface area contributed by atoms with E-state index in [1.807, 2.05) is 13.2 Å². The van der Waals surface area contributed by atoms with E-state index < -0.39 is 5.54 Å². The average molecular weight is 258 g/mol. The van der Waals surface area contributed by atoms with Crippen molar-refractivity contribution < 1.29 is 9.59 Å². The molecule has 0 saturated carbocycles. The minimum Gasteiger partial charge on any atom is -0.340 e. The smallest absolute Gasteiger partial charge is 0.248 e. The minimum absolute atomic E-state index is 0.0266. The van der Waals surface area contributed by atoms with Crippen molar-refractivity contribution in [2.45, 2.75) is 45.2 Å². The van der Waals surface area contributed by atoms with E-state index >= 15 is 0 Å². The van der Waals surface area contributed by atoms with Gasteiger partial charge >= 0.3 is 0 Å². The molecule has 1 N–H and O–H groups in total. The van der Waals surface area contributed by atoms with E-state index in [0.29, 0.717) is 13.0 Å². The van der Waals surface area contributed by atoms with E-state index in [2.05, 4.69) is 5.32 Å². The van der Waals surface area contributed by atoms with Gasteiger partial charge in [-0.1, -0.05) is 6.92 Å². The lowest BCUT2D eigenvalue weighted by Crippen LogP contribution is -2.68. The Kier molecular flexibility index (Phi) is 4.86. The van der Waals surface area contributed by atoms with E-state index in [-0.39, 0.29) is 17.9 Å². The van der Waals surface area contributed by atoms with Crippen molar-refractivity contribution in [3.8, 4) is 0 Å². The molecule has 1 unspecified atom stereocenters. The number of nitrogens with one attached hydrogen (secondary N) is 1. The van der Waals surface area contributed by atoms with Crippen LogP contribution in [0.25, 0.3) is 0 Å². The summed E-state index contributed by atoms with van der Waals surface area (Å²) in [7, 11) is 0. The topological polar surface area (TPSA) is 49.4 Å². The van der Waals surface area contributed by atoms with Crippen LogP contribution in [0, 0.1) is 0 Å². The molecule has 0 aromatic heterocycles. The molecule has 1 aliphatic rings. The van der Waals surface area contributed by atoms with Gasteiger partial charge in [0.1, 0.15) is 11.6 Å². The normalized spacial score (nSPS) is 23.8. The molecule has 0 bridgehead atoms. The van der Waals surface area contributed by atoms with E-state index in [0.717, 1.165) is 12.2 Å². The molecular weight excluding hydrogens is 236 g/mol. The highest BCUT2D eigenvalue weighted by Crippen LogP contribution is 2.20. The van der Waals surface area contributed by atoms with Crippen LogP contribution in [0.3, 0.4) is 0 Å². The number of nitrogens with zero attached hydrogens (tertiary/aromatic N) is 1. The second-order valence-corrected chi connectivity index (χ2v) is 5.87. The van der Waals surface area contributed by atoms with Gasteiger partial charge in [0.15, 0.2) is 0 Å². The fraction of sp³-hybridized carbons (Fsp3) is 0.833. The highest BCUT2D eigenvalue weighted by molar-refractivity contribution is 7.98. The molecule has 1 saturated heterocycles. The number of piperazine rings is 1. The maximum absolute atomic E-state index is 12.3. The Morgan fingerprint density at radius 3 is 2.59 bits per heavy atom. The predicted molar refractivity (Wildman–Crippen MR) is 71.0 cm³/mol. The number of hydrogen-bond donors (Lipinski definition) is 1. The molecule has 1 fully saturated rings. The van der Waals surface area contributed by atoms with Gasteiger partial charge in [-0.2, -0.15) is 11.8 Å². The molecule has 17 heavy (non-hydrogen) atoms. The first-order chi connectivity index (χ1) is 7.94. The molecule has 1 aliphatic heterocycles. The van der Waals surface area contributed by atoms with E-state index in [9.17, 15) is 9.59 Å². The number of carbonyl (C=O) groups is 2. The van der Waals surface area contributed by atoms with Gasteiger partial charge in [0, 0.05) is 6.54 Å². The maximum atomic E-state index is 12.3. The first-order valence-electron chi connectivity index (χ1n) is 6.06. The van der Waals surface area contributed by atoms with Crippen LogP contribution in [0.2, 0.25) is 0 Å². The molecule has 1 atom stereocenters. The number of carbonyl (C=O) groups excluding carboxylic acids is 2. The summed E-state index contributed by atoms with van der Waals surface area (Å²) >= 11 is 1.76. The lowest BCUT2D eigenvalue weighted by molar-refractivity contribution is -0.153. The van der Waals surface area contributed by atoms with Gasteiger partial charge in [0.2, 0.25) is 11.8 Å². The zero-order valence-corrected chi connectivity index (χ0v) is 11.9. The number of thioether (sulfide) groups is 1. The number of rotatable bonds is 5. The van der Waals surface area contributed by atoms with Crippen molar-refractivity contribution in [2.75, 3.05) is 18.6 Å². The van der Waals surface area contributed by atoms with Gasteiger partial charge in [0.05, 0.1) is 0 Å². The van der Waals surface area contributed by atoms with Crippen LogP contribution in [0.15, 0.2) is 0 Å². The van der Waals surface area contributed by atoms with Crippen LogP contribution >= 0.6 is 11.8 Å². The fourth-order valence-corrected chi connectivity index (χ4v) is 2.55. The largest absolute Gasteiger partial charge is 0.340 e. The zero-order valence-electron chi connectivity index (χ0n) is 11.1. The molecule has 0 aliphatic carbocycles. The highest BCUT2D eigenvalue weighted by Gasteiger charge is 2.43. The molecule has 0 spiro atoms. The van der Waals surface area contributed by atoms with Crippen LogP contribution in [-0.2, 0) is 9.59 Å². The van der Waals surface area contributed by atoms with Crippen LogP contribution < -0.4 is 5.32 Å². The first-order valence-corrected chi connectivity index (χ1v) is 7.45. The van der Waals surface area contributed by atoms with Crippen molar-refractivity contribution in [3.63, 3.8) is 0 Å². The van der Waals surface area contributed by atoms with Crippen LogP contribution in [-0.4, -0.2) is 46.8 Å². The fourth-order valence-electron chi connectivity index (χ4n) is 2.13. The molecule has 2 amide bonds. The maximum Gasteiger partial charge on any atom is 0.248 e. The monoisotopic (exact) mass is 258 g/mol. The Morgan fingerprint density at radius 2 is 2.06 bits per heavy atom. The van der Waals surface area contributed by atoms with Crippen LogP contribution in [0.1, 0.15) is 33.6 Å². The van der Waals surface area contributed by atoms with Gasteiger partial charge in [-0.05, 0) is 38.7 Å². The van der Waals surface area contributed by atoms with Crippen molar-refractivity contribution in [1.29, 1.82) is 0 Å². The van der Waals surface area contributed by atoms with E-state index in [4.69, 9.17) is 0 Å². The molecular formula is C12H22N2O2S. The molecule has 0 aromatic rings. The van der Waals surface area contributed by atoms with Crippen LogP contribution in [0.4, 0.5) is 0 Å². The highest BCUT2D eigenvalue weighted by atomic mass is 32.2.